The van der Waals surface area contributed by atoms with Crippen molar-refractivity contribution in [1.29, 1.82) is 0 Å². The Kier molecular flexibility index (Phi) is 5.99. The van der Waals surface area contributed by atoms with Crippen LogP contribution in [0.2, 0.25) is 5.02 Å². The molecule has 0 saturated heterocycles. The van der Waals surface area contributed by atoms with Crippen molar-refractivity contribution in [3.05, 3.63) is 45.3 Å². The highest BCUT2D eigenvalue weighted by Crippen LogP contribution is 2.19. The highest BCUT2D eigenvalue weighted by molar-refractivity contribution is 6.31. The third kappa shape index (κ3) is 4.69. The molecule has 1 fully saturated rings. The van der Waals surface area contributed by atoms with E-state index in [9.17, 15) is 19.2 Å². The standard InChI is InChI=1S/C19H19ClN2O6/c1-10(17(24)22-19(26)21-12-4-2-3-5-12)27-18(25)16-9-14(23)13-8-11(20)6-7-15(13)28-16/h6-10,12H,2-5H2,1H3,(H2,21,22,24,26)/t10-/m0/s1. The topological polar surface area (TPSA) is 115 Å². The summed E-state index contributed by atoms with van der Waals surface area (Å²) in [6.07, 6.45) is 2.57. The largest absolute Gasteiger partial charge is 0.449 e. The van der Waals surface area contributed by atoms with Crippen molar-refractivity contribution in [2.24, 2.45) is 0 Å². The average Bonchev–Trinajstić information content (AvgIpc) is 3.14. The first-order valence-corrected chi connectivity index (χ1v) is 9.27. The Morgan fingerprint density at radius 3 is 2.64 bits per heavy atom. The molecular formula is C19H19ClN2O6. The third-order valence-electron chi connectivity index (χ3n) is 4.47. The van der Waals surface area contributed by atoms with Crippen molar-refractivity contribution in [3.8, 4) is 0 Å². The zero-order chi connectivity index (χ0) is 20.3. The summed E-state index contributed by atoms with van der Waals surface area (Å²) in [5, 5.41) is 5.42. The van der Waals surface area contributed by atoms with E-state index in [4.69, 9.17) is 20.8 Å². The predicted octanol–water partition coefficient (Wildman–Crippen LogP) is 2.76. The maximum Gasteiger partial charge on any atom is 0.375 e. The molecule has 3 rings (SSSR count). The Morgan fingerprint density at radius 2 is 1.93 bits per heavy atom. The van der Waals surface area contributed by atoms with Crippen LogP contribution in [0.5, 0.6) is 0 Å². The van der Waals surface area contributed by atoms with Crippen LogP contribution < -0.4 is 16.1 Å². The van der Waals surface area contributed by atoms with Crippen LogP contribution in [0.3, 0.4) is 0 Å². The normalized spacial score (nSPS) is 15.2. The molecule has 0 aliphatic heterocycles. The second-order valence-corrected chi connectivity index (χ2v) is 7.04. The van der Waals surface area contributed by atoms with Crippen molar-refractivity contribution in [2.45, 2.75) is 44.8 Å². The maximum atomic E-state index is 12.2. The summed E-state index contributed by atoms with van der Waals surface area (Å²) in [4.78, 5) is 48.2. The SMILES string of the molecule is C[C@H](OC(=O)c1cc(=O)c2cc(Cl)ccc2o1)C(=O)NC(=O)NC1CCCC1. The van der Waals surface area contributed by atoms with Gasteiger partial charge in [0.1, 0.15) is 5.58 Å². The van der Waals surface area contributed by atoms with Crippen LogP contribution in [-0.4, -0.2) is 30.1 Å². The number of nitrogens with one attached hydrogen (secondary N) is 2. The van der Waals surface area contributed by atoms with Crippen LogP contribution in [0.4, 0.5) is 4.79 Å². The van der Waals surface area contributed by atoms with Crippen molar-refractivity contribution < 1.29 is 23.5 Å². The minimum atomic E-state index is -1.26. The highest BCUT2D eigenvalue weighted by Gasteiger charge is 2.24. The number of hydrogen-bond acceptors (Lipinski definition) is 6. The van der Waals surface area contributed by atoms with Gasteiger partial charge in [0.2, 0.25) is 5.76 Å². The molecule has 28 heavy (non-hydrogen) atoms. The first-order valence-electron chi connectivity index (χ1n) is 8.89. The Bertz CT molecular complexity index is 980. The van der Waals surface area contributed by atoms with E-state index in [1.54, 1.807) is 0 Å². The molecule has 1 aliphatic rings. The van der Waals surface area contributed by atoms with E-state index < -0.39 is 29.4 Å². The van der Waals surface area contributed by atoms with Gasteiger partial charge >= 0.3 is 12.0 Å². The molecule has 2 aromatic rings. The summed E-state index contributed by atoms with van der Waals surface area (Å²) in [7, 11) is 0. The fraction of sp³-hybridized carbons (Fsp3) is 0.368. The van der Waals surface area contributed by atoms with Crippen LogP contribution in [0.1, 0.15) is 43.2 Å². The number of urea groups is 1. The van der Waals surface area contributed by atoms with Crippen molar-refractivity contribution in [1.82, 2.24) is 10.6 Å². The molecule has 0 radical (unpaired) electrons. The molecule has 1 aliphatic carbocycles. The Balaban J connectivity index is 1.62. The number of imide groups is 1. The molecule has 2 N–H and O–H groups in total. The predicted molar refractivity (Wildman–Crippen MR) is 101 cm³/mol. The Labute approximate surface area is 165 Å². The van der Waals surface area contributed by atoms with Gasteiger partial charge in [0.15, 0.2) is 11.5 Å². The summed E-state index contributed by atoms with van der Waals surface area (Å²) in [6.45, 7) is 1.31. The molecule has 1 saturated carbocycles. The maximum absolute atomic E-state index is 12.2. The molecule has 1 aromatic carbocycles. The number of halogens is 1. The monoisotopic (exact) mass is 406 g/mol. The van der Waals surface area contributed by atoms with Gasteiger partial charge < -0.3 is 14.5 Å². The van der Waals surface area contributed by atoms with Gasteiger partial charge in [-0.1, -0.05) is 24.4 Å². The van der Waals surface area contributed by atoms with E-state index in [2.05, 4.69) is 10.6 Å². The number of amides is 3. The molecule has 0 spiro atoms. The number of carbonyl (C=O) groups excluding carboxylic acids is 3. The van der Waals surface area contributed by atoms with E-state index in [0.29, 0.717) is 5.02 Å². The number of esters is 1. The van der Waals surface area contributed by atoms with Gasteiger partial charge in [-0.15, -0.1) is 0 Å². The van der Waals surface area contributed by atoms with Gasteiger partial charge in [0.25, 0.3) is 5.91 Å². The molecule has 0 unspecified atom stereocenters. The van der Waals surface area contributed by atoms with Crippen molar-refractivity contribution in [2.75, 3.05) is 0 Å². The number of hydrogen-bond donors (Lipinski definition) is 2. The first kappa shape index (κ1) is 19.9. The first-order chi connectivity index (χ1) is 13.3. The molecular weight excluding hydrogens is 388 g/mol. The number of carbonyl (C=O) groups is 3. The van der Waals surface area contributed by atoms with Crippen LogP contribution in [0.15, 0.2) is 33.5 Å². The molecule has 0 bridgehead atoms. The van der Waals surface area contributed by atoms with Gasteiger partial charge in [-0.25, -0.2) is 9.59 Å². The second-order valence-electron chi connectivity index (χ2n) is 6.61. The molecule has 9 heteroatoms. The van der Waals surface area contributed by atoms with Gasteiger partial charge in [-0.05, 0) is 38.0 Å². The van der Waals surface area contributed by atoms with E-state index in [1.807, 2.05) is 0 Å². The van der Waals surface area contributed by atoms with Crippen molar-refractivity contribution >= 4 is 40.5 Å². The third-order valence-corrected chi connectivity index (χ3v) is 4.71. The lowest BCUT2D eigenvalue weighted by Gasteiger charge is -2.15. The van der Waals surface area contributed by atoms with Crippen molar-refractivity contribution in [3.63, 3.8) is 0 Å². The average molecular weight is 407 g/mol. The van der Waals surface area contributed by atoms with Gasteiger partial charge in [-0.2, -0.15) is 0 Å². The van der Waals surface area contributed by atoms with Gasteiger partial charge in [-0.3, -0.25) is 14.9 Å². The molecule has 1 atom stereocenters. The van der Waals surface area contributed by atoms with Crippen LogP contribution >= 0.6 is 11.6 Å². The number of ether oxygens (including phenoxy) is 1. The lowest BCUT2D eigenvalue weighted by Crippen LogP contribution is -2.47. The summed E-state index contributed by atoms with van der Waals surface area (Å²) in [5.74, 6) is -2.12. The zero-order valence-corrected chi connectivity index (χ0v) is 15.9. The summed E-state index contributed by atoms with van der Waals surface area (Å²) >= 11 is 5.84. The fourth-order valence-corrected chi connectivity index (χ4v) is 3.18. The van der Waals surface area contributed by atoms with Crippen LogP contribution in [0, 0.1) is 0 Å². The molecule has 1 aromatic heterocycles. The van der Waals surface area contributed by atoms with Crippen LogP contribution in [-0.2, 0) is 9.53 Å². The van der Waals surface area contributed by atoms with Gasteiger partial charge in [0, 0.05) is 17.1 Å². The minimum absolute atomic E-state index is 0.0473. The number of benzene rings is 1. The van der Waals surface area contributed by atoms with Crippen LogP contribution in [0.25, 0.3) is 11.0 Å². The van der Waals surface area contributed by atoms with E-state index >= 15 is 0 Å². The fourth-order valence-electron chi connectivity index (χ4n) is 3.01. The Morgan fingerprint density at radius 1 is 1.21 bits per heavy atom. The smallest absolute Gasteiger partial charge is 0.375 e. The molecule has 148 valence electrons. The highest BCUT2D eigenvalue weighted by atomic mass is 35.5. The summed E-state index contributed by atoms with van der Waals surface area (Å²) < 4.78 is 10.4. The van der Waals surface area contributed by atoms with Gasteiger partial charge in [0.05, 0.1) is 5.39 Å². The number of rotatable bonds is 4. The summed E-state index contributed by atoms with van der Waals surface area (Å²) in [6, 6.07) is 4.79. The molecule has 1 heterocycles. The number of fused-ring (bicyclic) bond motifs is 1. The van der Waals surface area contributed by atoms with E-state index in [-0.39, 0.29) is 22.8 Å². The summed E-state index contributed by atoms with van der Waals surface area (Å²) in [5.41, 5.74) is -0.305. The Hall–Kier alpha value is -2.87. The van der Waals surface area contributed by atoms with E-state index in [1.165, 1.54) is 25.1 Å². The molecule has 8 nitrogen and oxygen atoms in total. The van der Waals surface area contributed by atoms with E-state index in [0.717, 1.165) is 31.7 Å². The second kappa shape index (κ2) is 8.43. The molecule has 3 amide bonds. The zero-order valence-electron chi connectivity index (χ0n) is 15.1. The minimum Gasteiger partial charge on any atom is -0.449 e. The quantitative estimate of drug-likeness (QED) is 0.754. The lowest BCUT2D eigenvalue weighted by molar-refractivity contribution is -0.128. The lowest BCUT2D eigenvalue weighted by atomic mass is 10.2.